The molecule has 2 aromatic rings. The molecule has 100 valence electrons. The zero-order valence-corrected chi connectivity index (χ0v) is 11.0. The van der Waals surface area contributed by atoms with E-state index in [0.717, 1.165) is 31.4 Å². The van der Waals surface area contributed by atoms with Crippen LogP contribution in [0.3, 0.4) is 0 Å². The molecule has 1 aromatic carbocycles. The molecule has 0 aliphatic carbocycles. The number of nitrogens with one attached hydrogen (secondary N) is 1. The van der Waals surface area contributed by atoms with Crippen molar-refractivity contribution in [2.45, 2.75) is 25.5 Å². The lowest BCUT2D eigenvalue weighted by Gasteiger charge is -2.12. The highest BCUT2D eigenvalue weighted by atomic mass is 16.3. The van der Waals surface area contributed by atoms with E-state index in [1.54, 1.807) is 12.4 Å². The fraction of sp³-hybridized carbons (Fsp3) is 0.312. The van der Waals surface area contributed by atoms with Crippen molar-refractivity contribution in [2.24, 2.45) is 0 Å². The van der Waals surface area contributed by atoms with Gasteiger partial charge in [-0.2, -0.15) is 0 Å². The standard InChI is InChI=1S/C16H20N2O/c19-16(15-9-12-17-13-10-15)18-11-5-4-8-14-6-2-1-3-7-14/h1-3,6-7,9-10,12-13,16,18-19H,4-5,8,11H2. The van der Waals surface area contributed by atoms with E-state index in [0.29, 0.717) is 0 Å². The maximum Gasteiger partial charge on any atom is 0.131 e. The van der Waals surface area contributed by atoms with Crippen molar-refractivity contribution in [2.75, 3.05) is 6.54 Å². The summed E-state index contributed by atoms with van der Waals surface area (Å²) in [6.45, 7) is 0.816. The zero-order valence-electron chi connectivity index (χ0n) is 11.0. The second-order valence-corrected chi connectivity index (χ2v) is 4.58. The van der Waals surface area contributed by atoms with Crippen LogP contribution in [0.4, 0.5) is 0 Å². The van der Waals surface area contributed by atoms with Crippen LogP contribution in [0, 0.1) is 0 Å². The molecule has 1 unspecified atom stereocenters. The number of nitrogens with zero attached hydrogens (tertiary/aromatic N) is 1. The van der Waals surface area contributed by atoms with Crippen LogP contribution in [-0.2, 0) is 6.42 Å². The lowest BCUT2D eigenvalue weighted by atomic mass is 10.1. The summed E-state index contributed by atoms with van der Waals surface area (Å²) >= 11 is 0. The van der Waals surface area contributed by atoms with Gasteiger partial charge in [0.15, 0.2) is 0 Å². The lowest BCUT2D eigenvalue weighted by Crippen LogP contribution is -2.22. The Bertz CT molecular complexity index is 459. The number of benzene rings is 1. The third-order valence-electron chi connectivity index (χ3n) is 3.09. The molecule has 19 heavy (non-hydrogen) atoms. The number of pyridine rings is 1. The number of hydrogen-bond donors (Lipinski definition) is 2. The Morgan fingerprint density at radius 2 is 1.74 bits per heavy atom. The number of hydrogen-bond acceptors (Lipinski definition) is 3. The SMILES string of the molecule is OC(NCCCCc1ccccc1)c1ccncc1. The van der Waals surface area contributed by atoms with Crippen molar-refractivity contribution >= 4 is 0 Å². The average molecular weight is 256 g/mol. The van der Waals surface area contributed by atoms with Crippen LogP contribution in [0.2, 0.25) is 0 Å². The van der Waals surface area contributed by atoms with Crippen molar-refractivity contribution in [3.63, 3.8) is 0 Å². The molecule has 1 atom stereocenters. The molecule has 0 saturated carbocycles. The Labute approximate surface area is 114 Å². The Morgan fingerprint density at radius 3 is 2.47 bits per heavy atom. The molecule has 0 radical (unpaired) electrons. The fourth-order valence-electron chi connectivity index (χ4n) is 2.00. The summed E-state index contributed by atoms with van der Waals surface area (Å²) < 4.78 is 0. The third-order valence-corrected chi connectivity index (χ3v) is 3.09. The molecular weight excluding hydrogens is 236 g/mol. The highest BCUT2D eigenvalue weighted by molar-refractivity contribution is 5.14. The Kier molecular flexibility index (Phi) is 5.53. The third kappa shape index (κ3) is 4.81. The second-order valence-electron chi connectivity index (χ2n) is 4.58. The van der Waals surface area contributed by atoms with Crippen LogP contribution in [0.15, 0.2) is 54.9 Å². The predicted molar refractivity (Wildman–Crippen MR) is 76.6 cm³/mol. The Hall–Kier alpha value is -1.71. The molecule has 0 aliphatic heterocycles. The molecular formula is C16H20N2O. The maximum absolute atomic E-state index is 9.90. The van der Waals surface area contributed by atoms with Crippen molar-refractivity contribution < 1.29 is 5.11 Å². The fourth-order valence-corrected chi connectivity index (χ4v) is 2.00. The van der Waals surface area contributed by atoms with Gasteiger partial charge >= 0.3 is 0 Å². The van der Waals surface area contributed by atoms with Crippen LogP contribution in [-0.4, -0.2) is 16.6 Å². The number of aromatic nitrogens is 1. The van der Waals surface area contributed by atoms with E-state index < -0.39 is 6.23 Å². The first kappa shape index (κ1) is 13.7. The van der Waals surface area contributed by atoms with E-state index in [1.807, 2.05) is 18.2 Å². The van der Waals surface area contributed by atoms with Gasteiger partial charge in [0, 0.05) is 12.4 Å². The molecule has 0 fully saturated rings. The van der Waals surface area contributed by atoms with Crippen LogP contribution in [0.25, 0.3) is 0 Å². The highest BCUT2D eigenvalue weighted by Crippen LogP contribution is 2.08. The van der Waals surface area contributed by atoms with Gasteiger partial charge in [-0.25, -0.2) is 0 Å². The van der Waals surface area contributed by atoms with Gasteiger partial charge < -0.3 is 5.11 Å². The largest absolute Gasteiger partial charge is 0.374 e. The van der Waals surface area contributed by atoms with Gasteiger partial charge in [0.05, 0.1) is 0 Å². The monoisotopic (exact) mass is 256 g/mol. The summed E-state index contributed by atoms with van der Waals surface area (Å²) in [5, 5.41) is 13.0. The van der Waals surface area contributed by atoms with E-state index in [1.165, 1.54) is 5.56 Å². The summed E-state index contributed by atoms with van der Waals surface area (Å²) in [5.74, 6) is 0. The van der Waals surface area contributed by atoms with Gasteiger partial charge in [0.1, 0.15) is 6.23 Å². The van der Waals surface area contributed by atoms with E-state index in [-0.39, 0.29) is 0 Å². The minimum Gasteiger partial charge on any atom is -0.374 e. The molecule has 0 saturated heterocycles. The summed E-state index contributed by atoms with van der Waals surface area (Å²) in [7, 11) is 0. The number of aliphatic hydroxyl groups excluding tert-OH is 1. The van der Waals surface area contributed by atoms with Crippen molar-refractivity contribution in [3.8, 4) is 0 Å². The van der Waals surface area contributed by atoms with Crippen LogP contribution in [0.1, 0.15) is 30.2 Å². The first-order chi connectivity index (χ1) is 9.36. The summed E-state index contributed by atoms with van der Waals surface area (Å²) in [6, 6.07) is 14.1. The maximum atomic E-state index is 9.90. The van der Waals surface area contributed by atoms with Gasteiger partial charge in [-0.05, 0) is 49.1 Å². The number of unbranched alkanes of at least 4 members (excludes halogenated alkanes) is 1. The van der Waals surface area contributed by atoms with Crippen molar-refractivity contribution in [3.05, 3.63) is 66.0 Å². The lowest BCUT2D eigenvalue weighted by molar-refractivity contribution is 0.138. The van der Waals surface area contributed by atoms with E-state index in [2.05, 4.69) is 34.6 Å². The molecule has 0 bridgehead atoms. The van der Waals surface area contributed by atoms with E-state index in [9.17, 15) is 5.11 Å². The molecule has 0 aliphatic rings. The Morgan fingerprint density at radius 1 is 1.00 bits per heavy atom. The Balaban J connectivity index is 1.62. The highest BCUT2D eigenvalue weighted by Gasteiger charge is 2.04. The molecule has 3 nitrogen and oxygen atoms in total. The molecule has 1 heterocycles. The van der Waals surface area contributed by atoms with Crippen molar-refractivity contribution in [1.29, 1.82) is 0 Å². The molecule has 2 N–H and O–H groups in total. The minimum atomic E-state index is -0.597. The van der Waals surface area contributed by atoms with Crippen LogP contribution in [0.5, 0.6) is 0 Å². The molecule has 0 spiro atoms. The van der Waals surface area contributed by atoms with Crippen molar-refractivity contribution in [1.82, 2.24) is 10.3 Å². The topological polar surface area (TPSA) is 45.1 Å². The number of rotatable bonds is 7. The minimum absolute atomic E-state index is 0.597. The summed E-state index contributed by atoms with van der Waals surface area (Å²) in [4.78, 5) is 3.93. The van der Waals surface area contributed by atoms with Gasteiger partial charge in [0.25, 0.3) is 0 Å². The molecule has 3 heteroatoms. The van der Waals surface area contributed by atoms with E-state index in [4.69, 9.17) is 0 Å². The zero-order chi connectivity index (χ0) is 13.3. The first-order valence-corrected chi connectivity index (χ1v) is 6.71. The quantitative estimate of drug-likeness (QED) is 0.591. The van der Waals surface area contributed by atoms with Gasteiger partial charge in [-0.1, -0.05) is 30.3 Å². The molecule has 1 aromatic heterocycles. The summed E-state index contributed by atoms with van der Waals surface area (Å²) in [5.41, 5.74) is 2.23. The first-order valence-electron chi connectivity index (χ1n) is 6.71. The van der Waals surface area contributed by atoms with Gasteiger partial charge in [-0.3, -0.25) is 10.3 Å². The van der Waals surface area contributed by atoms with Gasteiger partial charge in [0.2, 0.25) is 0 Å². The number of aryl methyl sites for hydroxylation is 1. The summed E-state index contributed by atoms with van der Waals surface area (Å²) in [6.07, 6.45) is 6.05. The van der Waals surface area contributed by atoms with Crippen LogP contribution >= 0.6 is 0 Å². The van der Waals surface area contributed by atoms with E-state index >= 15 is 0 Å². The van der Waals surface area contributed by atoms with Crippen LogP contribution < -0.4 is 5.32 Å². The molecule has 2 rings (SSSR count). The average Bonchev–Trinajstić information content (AvgIpc) is 2.49. The predicted octanol–water partition coefficient (Wildman–Crippen LogP) is 2.69. The normalized spacial score (nSPS) is 12.3. The smallest absolute Gasteiger partial charge is 0.131 e. The second kappa shape index (κ2) is 7.67. The number of aliphatic hydroxyl groups is 1. The molecule has 0 amide bonds. The van der Waals surface area contributed by atoms with Gasteiger partial charge in [-0.15, -0.1) is 0 Å².